The molecule has 2 heterocycles. The van der Waals surface area contributed by atoms with Crippen molar-refractivity contribution in [3.63, 3.8) is 0 Å². The molecule has 0 bridgehead atoms. The van der Waals surface area contributed by atoms with Crippen LogP contribution in [-0.2, 0) is 6.54 Å². The molecule has 112 valence electrons. The minimum Gasteiger partial charge on any atom is -0.408 e. The van der Waals surface area contributed by atoms with Crippen LogP contribution in [0.5, 0.6) is 0 Å². The van der Waals surface area contributed by atoms with E-state index in [9.17, 15) is 9.59 Å². The lowest BCUT2D eigenvalue weighted by Gasteiger charge is -2.21. The second kappa shape index (κ2) is 5.85. The average molecular weight is 288 g/mol. The standard InChI is InChI=1S/C16H20N2O3/c1-2-8-18-13-6-5-11(9-14(13)21-16(18)20)15(19)12-4-3-7-17-10-12/h5-6,9,12,17H,2-4,7-8,10H2,1H3. The third-order valence-corrected chi connectivity index (χ3v) is 4.07. The van der Waals surface area contributed by atoms with E-state index in [1.165, 1.54) is 0 Å². The number of carbonyl (C=O) groups excluding carboxylic acids is 1. The van der Waals surface area contributed by atoms with E-state index in [2.05, 4.69) is 5.32 Å². The minimum absolute atomic E-state index is 0.0284. The van der Waals surface area contributed by atoms with E-state index >= 15 is 0 Å². The van der Waals surface area contributed by atoms with Crippen LogP contribution in [0.4, 0.5) is 0 Å². The number of nitrogens with zero attached hydrogens (tertiary/aromatic N) is 1. The van der Waals surface area contributed by atoms with E-state index < -0.39 is 0 Å². The maximum atomic E-state index is 12.5. The van der Waals surface area contributed by atoms with Crippen molar-refractivity contribution in [3.05, 3.63) is 34.3 Å². The molecule has 1 aromatic carbocycles. The van der Waals surface area contributed by atoms with Gasteiger partial charge in [-0.1, -0.05) is 6.92 Å². The van der Waals surface area contributed by atoms with Gasteiger partial charge in [0, 0.05) is 24.6 Å². The van der Waals surface area contributed by atoms with Crippen molar-refractivity contribution in [2.45, 2.75) is 32.7 Å². The molecular formula is C16H20N2O3. The van der Waals surface area contributed by atoms with E-state index in [1.54, 1.807) is 16.7 Å². The van der Waals surface area contributed by atoms with Crippen molar-refractivity contribution >= 4 is 16.9 Å². The van der Waals surface area contributed by atoms with Crippen LogP contribution in [0.1, 0.15) is 36.5 Å². The van der Waals surface area contributed by atoms with Crippen LogP contribution in [0.2, 0.25) is 0 Å². The number of ketones is 1. The van der Waals surface area contributed by atoms with Gasteiger partial charge in [0.1, 0.15) is 0 Å². The van der Waals surface area contributed by atoms with E-state index in [1.807, 2.05) is 13.0 Å². The number of oxazole rings is 1. The first kappa shape index (κ1) is 14.1. The van der Waals surface area contributed by atoms with Crippen molar-refractivity contribution in [2.24, 2.45) is 5.92 Å². The van der Waals surface area contributed by atoms with Gasteiger partial charge in [-0.2, -0.15) is 0 Å². The summed E-state index contributed by atoms with van der Waals surface area (Å²) in [5.41, 5.74) is 1.90. The van der Waals surface area contributed by atoms with Gasteiger partial charge in [-0.25, -0.2) is 4.79 Å². The molecule has 0 amide bonds. The molecule has 1 atom stereocenters. The summed E-state index contributed by atoms with van der Waals surface area (Å²) in [5, 5.41) is 3.25. The van der Waals surface area contributed by atoms with Gasteiger partial charge < -0.3 is 9.73 Å². The molecule has 0 saturated carbocycles. The average Bonchev–Trinajstić information content (AvgIpc) is 2.83. The Balaban J connectivity index is 1.94. The maximum absolute atomic E-state index is 12.5. The highest BCUT2D eigenvalue weighted by atomic mass is 16.4. The first-order chi connectivity index (χ1) is 10.2. The molecule has 1 N–H and O–H groups in total. The smallest absolute Gasteiger partial charge is 0.408 e. The zero-order chi connectivity index (χ0) is 14.8. The normalized spacial score (nSPS) is 19.0. The van der Waals surface area contributed by atoms with Gasteiger partial charge in [-0.15, -0.1) is 0 Å². The molecule has 1 aliphatic heterocycles. The molecular weight excluding hydrogens is 268 g/mol. The predicted molar refractivity (Wildman–Crippen MR) is 80.7 cm³/mol. The molecule has 1 saturated heterocycles. The van der Waals surface area contributed by atoms with Crippen molar-refractivity contribution < 1.29 is 9.21 Å². The maximum Gasteiger partial charge on any atom is 0.419 e. The zero-order valence-electron chi connectivity index (χ0n) is 12.2. The number of hydrogen-bond acceptors (Lipinski definition) is 4. The first-order valence-corrected chi connectivity index (χ1v) is 7.59. The van der Waals surface area contributed by atoms with Crippen molar-refractivity contribution in [1.29, 1.82) is 0 Å². The van der Waals surface area contributed by atoms with E-state index in [0.717, 1.165) is 37.9 Å². The number of fused-ring (bicyclic) bond motifs is 1. The van der Waals surface area contributed by atoms with Gasteiger partial charge in [0.15, 0.2) is 11.4 Å². The number of hydrogen-bond donors (Lipinski definition) is 1. The second-order valence-electron chi connectivity index (χ2n) is 5.61. The number of nitrogens with one attached hydrogen (secondary N) is 1. The fraction of sp³-hybridized carbons (Fsp3) is 0.500. The van der Waals surface area contributed by atoms with Gasteiger partial charge in [-0.05, 0) is 44.0 Å². The van der Waals surface area contributed by atoms with E-state index in [4.69, 9.17) is 4.42 Å². The number of aromatic nitrogens is 1. The van der Waals surface area contributed by atoms with Crippen molar-refractivity contribution in [1.82, 2.24) is 9.88 Å². The van der Waals surface area contributed by atoms with Crippen LogP contribution < -0.4 is 11.1 Å². The van der Waals surface area contributed by atoms with Crippen molar-refractivity contribution in [2.75, 3.05) is 13.1 Å². The number of Topliss-reactive ketones (excluding diaryl/α,β-unsaturated/α-hetero) is 1. The Morgan fingerprint density at radius 1 is 1.48 bits per heavy atom. The monoisotopic (exact) mass is 288 g/mol. The van der Waals surface area contributed by atoms with Crippen LogP contribution in [0, 0.1) is 5.92 Å². The number of piperidine rings is 1. The predicted octanol–water partition coefficient (Wildman–Crippen LogP) is 2.19. The van der Waals surface area contributed by atoms with Crippen LogP contribution in [0.15, 0.2) is 27.4 Å². The summed E-state index contributed by atoms with van der Waals surface area (Å²) in [5.74, 6) is -0.188. The molecule has 0 radical (unpaired) electrons. The molecule has 0 spiro atoms. The highest BCUT2D eigenvalue weighted by Crippen LogP contribution is 2.21. The van der Waals surface area contributed by atoms with E-state index in [-0.39, 0.29) is 17.5 Å². The van der Waals surface area contributed by atoms with Crippen molar-refractivity contribution in [3.8, 4) is 0 Å². The number of aryl methyl sites for hydroxylation is 1. The Morgan fingerprint density at radius 3 is 3.05 bits per heavy atom. The Kier molecular flexibility index (Phi) is 3.92. The molecule has 1 fully saturated rings. The Hall–Kier alpha value is -1.88. The molecule has 1 unspecified atom stereocenters. The third-order valence-electron chi connectivity index (χ3n) is 4.07. The zero-order valence-corrected chi connectivity index (χ0v) is 12.2. The highest BCUT2D eigenvalue weighted by Gasteiger charge is 2.23. The summed E-state index contributed by atoms with van der Waals surface area (Å²) in [7, 11) is 0. The fourth-order valence-corrected chi connectivity index (χ4v) is 2.97. The Morgan fingerprint density at radius 2 is 2.33 bits per heavy atom. The summed E-state index contributed by atoms with van der Waals surface area (Å²) in [6.07, 6.45) is 2.81. The molecule has 0 aliphatic carbocycles. The molecule has 1 aliphatic rings. The summed E-state index contributed by atoms with van der Waals surface area (Å²) < 4.78 is 6.89. The Labute approximate surface area is 122 Å². The SMILES string of the molecule is CCCn1c(=O)oc2cc(C(=O)C3CCCNC3)ccc21. The van der Waals surface area contributed by atoms with Crippen LogP contribution >= 0.6 is 0 Å². The van der Waals surface area contributed by atoms with Crippen LogP contribution in [-0.4, -0.2) is 23.4 Å². The van der Waals surface area contributed by atoms with Gasteiger partial charge in [0.05, 0.1) is 5.52 Å². The number of benzene rings is 1. The topological polar surface area (TPSA) is 64.2 Å². The second-order valence-corrected chi connectivity index (χ2v) is 5.61. The molecule has 1 aromatic heterocycles. The molecule has 5 nitrogen and oxygen atoms in total. The molecule has 2 aromatic rings. The van der Waals surface area contributed by atoms with Crippen LogP contribution in [0.25, 0.3) is 11.1 Å². The lowest BCUT2D eigenvalue weighted by molar-refractivity contribution is 0.0899. The lowest BCUT2D eigenvalue weighted by Crippen LogP contribution is -2.34. The largest absolute Gasteiger partial charge is 0.419 e. The molecule has 21 heavy (non-hydrogen) atoms. The molecule has 5 heteroatoms. The highest BCUT2D eigenvalue weighted by molar-refractivity contribution is 6.00. The van der Waals surface area contributed by atoms with Gasteiger partial charge in [0.2, 0.25) is 0 Å². The summed E-state index contributed by atoms with van der Waals surface area (Å²) in [6, 6.07) is 5.33. The Bertz CT molecular complexity index is 708. The van der Waals surface area contributed by atoms with E-state index in [0.29, 0.717) is 17.7 Å². The third kappa shape index (κ3) is 2.65. The fourth-order valence-electron chi connectivity index (χ4n) is 2.97. The van der Waals surface area contributed by atoms with Gasteiger partial charge in [0.25, 0.3) is 0 Å². The summed E-state index contributed by atoms with van der Waals surface area (Å²) in [6.45, 7) is 4.36. The number of rotatable bonds is 4. The minimum atomic E-state index is -0.351. The first-order valence-electron chi connectivity index (χ1n) is 7.59. The summed E-state index contributed by atoms with van der Waals surface area (Å²) in [4.78, 5) is 24.3. The lowest BCUT2D eigenvalue weighted by atomic mass is 9.91. The molecule has 3 rings (SSSR count). The quantitative estimate of drug-likeness (QED) is 0.876. The number of carbonyl (C=O) groups is 1. The van der Waals surface area contributed by atoms with Gasteiger partial charge in [-0.3, -0.25) is 9.36 Å². The summed E-state index contributed by atoms with van der Waals surface area (Å²) >= 11 is 0. The van der Waals surface area contributed by atoms with Crippen LogP contribution in [0.3, 0.4) is 0 Å². The van der Waals surface area contributed by atoms with Gasteiger partial charge >= 0.3 is 5.76 Å².